The number of fused-ring (bicyclic) bond motifs is 1. The number of hydrogen-bond acceptors (Lipinski definition) is 8. The van der Waals surface area contributed by atoms with Crippen LogP contribution in [0.1, 0.15) is 43.8 Å². The van der Waals surface area contributed by atoms with Crippen molar-refractivity contribution in [2.45, 2.75) is 51.3 Å². The van der Waals surface area contributed by atoms with E-state index in [4.69, 9.17) is 14.2 Å². The SMILES string of the molecule is CCCc1nc(C)c2c(=O)[nH]c(-c3cc(S(=O)(=O)NCCCc4ccc(OC)c(OC)c4)ccc3OCC)nn12. The Kier molecular flexibility index (Phi) is 9.10. The summed E-state index contributed by atoms with van der Waals surface area (Å²) in [5, 5.41) is 4.63. The van der Waals surface area contributed by atoms with Gasteiger partial charge in [-0.25, -0.2) is 22.6 Å². The third-order valence-corrected chi connectivity index (χ3v) is 7.87. The smallest absolute Gasteiger partial charge is 0.277 e. The molecule has 0 saturated heterocycles. The van der Waals surface area contributed by atoms with Crippen LogP contribution < -0.4 is 24.5 Å². The first-order valence-corrected chi connectivity index (χ1v) is 14.7. The number of aromatic amines is 1. The summed E-state index contributed by atoms with van der Waals surface area (Å²) >= 11 is 0. The molecule has 0 saturated carbocycles. The third-order valence-electron chi connectivity index (χ3n) is 6.41. The fraction of sp³-hybridized carbons (Fsp3) is 0.393. The van der Waals surface area contributed by atoms with Crippen LogP contribution >= 0.6 is 0 Å². The van der Waals surface area contributed by atoms with Crippen molar-refractivity contribution in [1.82, 2.24) is 24.3 Å². The van der Waals surface area contributed by atoms with Crippen molar-refractivity contribution < 1.29 is 22.6 Å². The van der Waals surface area contributed by atoms with Gasteiger partial charge in [0.25, 0.3) is 5.56 Å². The van der Waals surface area contributed by atoms with Gasteiger partial charge in [-0.3, -0.25) is 4.79 Å². The molecule has 0 atom stereocenters. The van der Waals surface area contributed by atoms with Gasteiger partial charge < -0.3 is 19.2 Å². The number of methoxy groups -OCH3 is 2. The molecule has 4 aromatic rings. The molecule has 40 heavy (non-hydrogen) atoms. The molecule has 2 aromatic carbocycles. The molecule has 0 bridgehead atoms. The van der Waals surface area contributed by atoms with Crippen LogP contribution in [0.25, 0.3) is 16.9 Å². The van der Waals surface area contributed by atoms with Gasteiger partial charge in [-0.05, 0) is 69.0 Å². The van der Waals surface area contributed by atoms with Crippen LogP contribution in [0.3, 0.4) is 0 Å². The standard InChI is InChI=1S/C28H35N5O6S/c1-6-9-25-30-18(3)26-28(34)31-27(32-33(25)26)21-17-20(12-14-22(21)39-7-2)40(35,36)29-15-8-10-19-11-13-23(37-4)24(16-19)38-5/h11-14,16-17,29H,6-10,15H2,1-5H3,(H,31,32,34). The fourth-order valence-corrected chi connectivity index (χ4v) is 5.60. The highest BCUT2D eigenvalue weighted by Gasteiger charge is 2.21. The van der Waals surface area contributed by atoms with E-state index in [1.165, 1.54) is 16.6 Å². The van der Waals surface area contributed by atoms with Gasteiger partial charge in [-0.2, -0.15) is 0 Å². The molecule has 0 unspecified atom stereocenters. The highest BCUT2D eigenvalue weighted by Crippen LogP contribution is 2.31. The van der Waals surface area contributed by atoms with Crippen molar-refractivity contribution in [2.24, 2.45) is 0 Å². The second-order valence-corrected chi connectivity index (χ2v) is 11.0. The number of H-pyrrole nitrogens is 1. The van der Waals surface area contributed by atoms with Crippen LogP contribution in [-0.2, 0) is 22.9 Å². The number of imidazole rings is 1. The molecule has 4 rings (SSSR count). The predicted octanol–water partition coefficient (Wildman–Crippen LogP) is 3.67. The zero-order valence-electron chi connectivity index (χ0n) is 23.4. The Labute approximate surface area is 233 Å². The Morgan fingerprint density at radius 1 is 1.00 bits per heavy atom. The quantitative estimate of drug-likeness (QED) is 0.233. The van der Waals surface area contributed by atoms with Gasteiger partial charge in [0.2, 0.25) is 10.0 Å². The lowest BCUT2D eigenvalue weighted by Crippen LogP contribution is -2.25. The fourth-order valence-electron chi connectivity index (χ4n) is 4.50. The number of hydrogen-bond donors (Lipinski definition) is 2. The Hall–Kier alpha value is -3.90. The summed E-state index contributed by atoms with van der Waals surface area (Å²) in [5.74, 6) is 2.53. The van der Waals surface area contributed by atoms with Crippen molar-refractivity contribution >= 4 is 15.5 Å². The Balaban J connectivity index is 1.59. The molecular weight excluding hydrogens is 534 g/mol. The van der Waals surface area contributed by atoms with Gasteiger partial charge in [0.1, 0.15) is 11.6 Å². The van der Waals surface area contributed by atoms with Crippen molar-refractivity contribution in [1.29, 1.82) is 0 Å². The molecule has 0 aliphatic rings. The second-order valence-electron chi connectivity index (χ2n) is 9.21. The van der Waals surface area contributed by atoms with Crippen LogP contribution in [0.15, 0.2) is 46.1 Å². The number of aromatic nitrogens is 4. The molecule has 214 valence electrons. The van der Waals surface area contributed by atoms with Crippen molar-refractivity contribution in [3.05, 3.63) is 63.8 Å². The number of nitrogens with zero attached hydrogens (tertiary/aromatic N) is 3. The van der Waals surface area contributed by atoms with E-state index in [0.717, 1.165) is 12.0 Å². The summed E-state index contributed by atoms with van der Waals surface area (Å²) in [7, 11) is -0.704. The number of aryl methyl sites for hydroxylation is 3. The van der Waals surface area contributed by atoms with Crippen LogP contribution in [0, 0.1) is 6.92 Å². The maximum absolute atomic E-state index is 13.2. The van der Waals surface area contributed by atoms with Gasteiger partial charge in [0, 0.05) is 13.0 Å². The van der Waals surface area contributed by atoms with Gasteiger partial charge in [-0.15, -0.1) is 5.10 Å². The van der Waals surface area contributed by atoms with E-state index < -0.39 is 10.0 Å². The number of sulfonamides is 1. The highest BCUT2D eigenvalue weighted by molar-refractivity contribution is 7.89. The second kappa shape index (κ2) is 12.5. The third kappa shape index (κ3) is 6.13. The van der Waals surface area contributed by atoms with Crippen LogP contribution in [0.5, 0.6) is 17.2 Å². The summed E-state index contributed by atoms with van der Waals surface area (Å²) in [4.78, 5) is 20.3. The lowest BCUT2D eigenvalue weighted by Gasteiger charge is -2.13. The van der Waals surface area contributed by atoms with Crippen LogP contribution in [-0.4, -0.2) is 55.4 Å². The summed E-state index contributed by atoms with van der Waals surface area (Å²) in [6.45, 7) is 6.19. The molecule has 0 fully saturated rings. The minimum Gasteiger partial charge on any atom is -0.493 e. The maximum Gasteiger partial charge on any atom is 0.277 e. The summed E-state index contributed by atoms with van der Waals surface area (Å²) in [5.41, 5.74) is 1.96. The monoisotopic (exact) mass is 569 g/mol. The first kappa shape index (κ1) is 29.1. The Bertz CT molecular complexity index is 1660. The number of rotatable bonds is 13. The number of benzene rings is 2. The first-order chi connectivity index (χ1) is 19.2. The highest BCUT2D eigenvalue weighted by atomic mass is 32.2. The summed E-state index contributed by atoms with van der Waals surface area (Å²) in [6, 6.07) is 10.1. The summed E-state index contributed by atoms with van der Waals surface area (Å²) < 4.78 is 47.0. The lowest BCUT2D eigenvalue weighted by molar-refractivity contribution is 0.341. The topological polar surface area (TPSA) is 137 Å². The molecular formula is C28H35N5O6S. The van der Waals surface area contributed by atoms with E-state index >= 15 is 0 Å². The van der Waals surface area contributed by atoms with Gasteiger partial charge >= 0.3 is 0 Å². The molecule has 0 spiro atoms. The molecule has 2 N–H and O–H groups in total. The van der Waals surface area contributed by atoms with Crippen molar-refractivity contribution in [3.63, 3.8) is 0 Å². The zero-order chi connectivity index (χ0) is 28.9. The molecule has 0 amide bonds. The van der Waals surface area contributed by atoms with E-state index in [1.54, 1.807) is 27.2 Å². The first-order valence-electron chi connectivity index (χ1n) is 13.2. The number of ether oxygens (including phenoxy) is 3. The normalized spacial score (nSPS) is 11.6. The van der Waals surface area contributed by atoms with Gasteiger partial charge in [-0.1, -0.05) is 13.0 Å². The maximum atomic E-state index is 13.2. The van der Waals surface area contributed by atoms with E-state index in [2.05, 4.69) is 19.8 Å². The van der Waals surface area contributed by atoms with E-state index in [0.29, 0.717) is 65.7 Å². The molecule has 0 radical (unpaired) electrons. The molecule has 2 aromatic heterocycles. The molecule has 0 aliphatic carbocycles. The Morgan fingerprint density at radius 2 is 1.75 bits per heavy atom. The van der Waals surface area contributed by atoms with E-state index in [-0.39, 0.29) is 22.8 Å². The van der Waals surface area contributed by atoms with Crippen LogP contribution in [0.2, 0.25) is 0 Å². The molecule has 0 aliphatic heterocycles. The van der Waals surface area contributed by atoms with Gasteiger partial charge in [0.15, 0.2) is 22.8 Å². The number of nitrogens with one attached hydrogen (secondary N) is 2. The largest absolute Gasteiger partial charge is 0.493 e. The van der Waals surface area contributed by atoms with Gasteiger partial charge in [0.05, 0.1) is 37.0 Å². The summed E-state index contributed by atoms with van der Waals surface area (Å²) in [6.07, 6.45) is 2.69. The van der Waals surface area contributed by atoms with Crippen LogP contribution in [0.4, 0.5) is 0 Å². The predicted molar refractivity (Wildman–Crippen MR) is 152 cm³/mol. The molecule has 11 nitrogen and oxygen atoms in total. The van der Waals surface area contributed by atoms with E-state index in [9.17, 15) is 13.2 Å². The molecule has 2 heterocycles. The minimum absolute atomic E-state index is 0.0374. The van der Waals surface area contributed by atoms with E-state index in [1.807, 2.05) is 32.0 Å². The minimum atomic E-state index is -3.85. The average Bonchev–Trinajstić information content (AvgIpc) is 3.26. The zero-order valence-corrected chi connectivity index (χ0v) is 24.2. The average molecular weight is 570 g/mol. The molecule has 12 heteroatoms. The van der Waals surface area contributed by atoms with Crippen molar-refractivity contribution in [3.8, 4) is 28.6 Å². The Morgan fingerprint density at radius 3 is 2.45 bits per heavy atom. The lowest BCUT2D eigenvalue weighted by atomic mass is 10.1. The van der Waals surface area contributed by atoms with Crippen molar-refractivity contribution in [2.75, 3.05) is 27.4 Å².